The van der Waals surface area contributed by atoms with E-state index in [0.717, 1.165) is 6.26 Å². The van der Waals surface area contributed by atoms with Crippen molar-refractivity contribution in [3.05, 3.63) is 60.2 Å². The Morgan fingerprint density at radius 3 is 2.19 bits per heavy atom. The summed E-state index contributed by atoms with van der Waals surface area (Å²) in [4.78, 5) is 35.9. The summed E-state index contributed by atoms with van der Waals surface area (Å²) in [6, 6.07) is 13.2. The fourth-order valence-electron chi connectivity index (χ4n) is 2.13. The minimum atomic E-state index is -3.65. The molecule has 0 spiro atoms. The molecule has 0 bridgehead atoms. The van der Waals surface area contributed by atoms with Gasteiger partial charge in [-0.15, -0.1) is 0 Å². The van der Waals surface area contributed by atoms with Gasteiger partial charge in [0.1, 0.15) is 0 Å². The van der Waals surface area contributed by atoms with Crippen molar-refractivity contribution in [1.29, 1.82) is 0 Å². The molecule has 3 amide bonds. The predicted octanol–water partition coefficient (Wildman–Crippen LogP) is 1.98. The number of urea groups is 1. The standard InChI is InChI=1S/C18H18N2O6S/c1-12(16(21)20-18(23)19-13-8-4-3-5-9-13)26-17(22)14-10-6-7-11-15(14)27(2,24)25/h3-12H,1-2H3,(H2,19,20,21,23). The number of carbonyl (C=O) groups is 3. The number of nitrogens with one attached hydrogen (secondary N) is 2. The third-order valence-corrected chi connectivity index (χ3v) is 4.58. The molecule has 1 unspecified atom stereocenters. The van der Waals surface area contributed by atoms with Crippen molar-refractivity contribution in [1.82, 2.24) is 5.32 Å². The first kappa shape index (κ1) is 20.1. The van der Waals surface area contributed by atoms with Gasteiger partial charge in [-0.2, -0.15) is 0 Å². The van der Waals surface area contributed by atoms with Crippen LogP contribution >= 0.6 is 0 Å². The summed E-state index contributed by atoms with van der Waals surface area (Å²) >= 11 is 0. The number of amides is 3. The Bertz CT molecular complexity index is 957. The summed E-state index contributed by atoms with van der Waals surface area (Å²) in [6.07, 6.45) is -0.352. The van der Waals surface area contributed by atoms with E-state index in [1.165, 1.54) is 31.2 Å². The van der Waals surface area contributed by atoms with Crippen LogP contribution in [-0.4, -0.2) is 38.7 Å². The minimum absolute atomic E-state index is 0.187. The number of ether oxygens (including phenoxy) is 1. The molecular weight excluding hydrogens is 372 g/mol. The number of rotatable bonds is 5. The van der Waals surface area contributed by atoms with Crippen LogP contribution in [0.5, 0.6) is 0 Å². The highest BCUT2D eigenvalue weighted by atomic mass is 32.2. The van der Waals surface area contributed by atoms with Crippen LogP contribution in [0.3, 0.4) is 0 Å². The molecule has 1 atom stereocenters. The highest BCUT2D eigenvalue weighted by Crippen LogP contribution is 2.17. The Morgan fingerprint density at radius 2 is 1.56 bits per heavy atom. The lowest BCUT2D eigenvalue weighted by atomic mass is 10.2. The van der Waals surface area contributed by atoms with Crippen LogP contribution < -0.4 is 10.6 Å². The smallest absolute Gasteiger partial charge is 0.340 e. The Morgan fingerprint density at radius 1 is 0.963 bits per heavy atom. The molecular formula is C18H18N2O6S. The molecule has 0 aliphatic rings. The third-order valence-electron chi connectivity index (χ3n) is 3.43. The molecule has 27 heavy (non-hydrogen) atoms. The molecule has 142 valence electrons. The number of imide groups is 1. The van der Waals surface area contributed by atoms with E-state index >= 15 is 0 Å². The molecule has 9 heteroatoms. The van der Waals surface area contributed by atoms with E-state index in [-0.39, 0.29) is 10.5 Å². The second kappa shape index (κ2) is 8.45. The summed E-state index contributed by atoms with van der Waals surface area (Å²) in [5, 5.41) is 4.50. The molecule has 8 nitrogen and oxygen atoms in total. The molecule has 2 aromatic carbocycles. The average Bonchev–Trinajstić information content (AvgIpc) is 2.61. The average molecular weight is 390 g/mol. The second-order valence-corrected chi connectivity index (χ2v) is 7.61. The van der Waals surface area contributed by atoms with Crippen molar-refractivity contribution in [2.24, 2.45) is 0 Å². The Balaban J connectivity index is 2.00. The Labute approximate surface area is 156 Å². The van der Waals surface area contributed by atoms with Crippen LogP contribution in [-0.2, 0) is 19.4 Å². The largest absolute Gasteiger partial charge is 0.449 e. The number of para-hydroxylation sites is 1. The van der Waals surface area contributed by atoms with Gasteiger partial charge in [-0.05, 0) is 31.2 Å². The van der Waals surface area contributed by atoms with Crippen LogP contribution in [0.4, 0.5) is 10.5 Å². The van der Waals surface area contributed by atoms with E-state index in [2.05, 4.69) is 5.32 Å². The zero-order valence-corrected chi connectivity index (χ0v) is 15.4. The van der Waals surface area contributed by atoms with Gasteiger partial charge in [-0.25, -0.2) is 18.0 Å². The first-order valence-corrected chi connectivity index (χ1v) is 9.74. The minimum Gasteiger partial charge on any atom is -0.449 e. The SMILES string of the molecule is CC(OC(=O)c1ccccc1S(C)(=O)=O)C(=O)NC(=O)Nc1ccccc1. The molecule has 2 aromatic rings. The second-order valence-electron chi connectivity index (χ2n) is 5.63. The van der Waals surface area contributed by atoms with E-state index in [4.69, 9.17) is 4.74 Å². The number of hydrogen-bond donors (Lipinski definition) is 2. The molecule has 2 rings (SSSR count). The lowest BCUT2D eigenvalue weighted by molar-refractivity contribution is -0.127. The maximum Gasteiger partial charge on any atom is 0.340 e. The molecule has 0 aromatic heterocycles. The molecule has 2 N–H and O–H groups in total. The molecule has 0 heterocycles. The van der Waals surface area contributed by atoms with Gasteiger partial charge in [0.2, 0.25) is 0 Å². The number of benzene rings is 2. The van der Waals surface area contributed by atoms with Crippen LogP contribution in [0.15, 0.2) is 59.5 Å². The van der Waals surface area contributed by atoms with Crippen molar-refractivity contribution in [3.63, 3.8) is 0 Å². The summed E-state index contributed by atoms with van der Waals surface area (Å²) in [5.74, 6) is -1.84. The topological polar surface area (TPSA) is 119 Å². The quantitative estimate of drug-likeness (QED) is 0.754. The van der Waals surface area contributed by atoms with Crippen molar-refractivity contribution in [2.75, 3.05) is 11.6 Å². The summed E-state index contributed by atoms with van der Waals surface area (Å²) in [5.41, 5.74) is 0.294. The van der Waals surface area contributed by atoms with Gasteiger partial charge in [0.25, 0.3) is 5.91 Å². The maximum atomic E-state index is 12.2. The van der Waals surface area contributed by atoms with Crippen molar-refractivity contribution >= 4 is 33.4 Å². The molecule has 0 radical (unpaired) electrons. The molecule has 0 saturated heterocycles. The first-order chi connectivity index (χ1) is 12.7. The van der Waals surface area contributed by atoms with E-state index in [1.54, 1.807) is 30.3 Å². The summed E-state index contributed by atoms with van der Waals surface area (Å²) in [7, 11) is -3.65. The third kappa shape index (κ3) is 5.65. The van der Waals surface area contributed by atoms with Crippen LogP contribution in [0.1, 0.15) is 17.3 Å². The van der Waals surface area contributed by atoms with E-state index < -0.39 is 33.8 Å². The Hall–Kier alpha value is -3.20. The van der Waals surface area contributed by atoms with Crippen LogP contribution in [0, 0.1) is 0 Å². The van der Waals surface area contributed by atoms with Gasteiger partial charge in [0.05, 0.1) is 10.5 Å². The summed E-state index contributed by atoms with van der Waals surface area (Å²) in [6.45, 7) is 1.27. The normalized spacial score (nSPS) is 11.9. The van der Waals surface area contributed by atoms with Gasteiger partial charge in [0.15, 0.2) is 15.9 Å². The molecule has 0 aliphatic carbocycles. The monoisotopic (exact) mass is 390 g/mol. The molecule has 0 saturated carbocycles. The lowest BCUT2D eigenvalue weighted by Crippen LogP contribution is -2.41. The number of anilines is 1. The predicted molar refractivity (Wildman–Crippen MR) is 98.0 cm³/mol. The maximum absolute atomic E-state index is 12.2. The fraction of sp³-hybridized carbons (Fsp3) is 0.167. The fourth-order valence-corrected chi connectivity index (χ4v) is 3.01. The van der Waals surface area contributed by atoms with Crippen molar-refractivity contribution < 1.29 is 27.5 Å². The highest BCUT2D eigenvalue weighted by molar-refractivity contribution is 7.90. The number of carbonyl (C=O) groups excluding carboxylic acids is 3. The van der Waals surface area contributed by atoms with Gasteiger partial charge in [-0.1, -0.05) is 30.3 Å². The zero-order chi connectivity index (χ0) is 20.0. The van der Waals surface area contributed by atoms with Crippen molar-refractivity contribution in [3.8, 4) is 0 Å². The van der Waals surface area contributed by atoms with E-state index in [0.29, 0.717) is 5.69 Å². The van der Waals surface area contributed by atoms with Gasteiger partial charge in [-0.3, -0.25) is 10.1 Å². The summed E-state index contributed by atoms with van der Waals surface area (Å²) < 4.78 is 28.5. The van der Waals surface area contributed by atoms with Crippen molar-refractivity contribution in [2.45, 2.75) is 17.9 Å². The number of hydrogen-bond acceptors (Lipinski definition) is 6. The molecule has 0 aliphatic heterocycles. The van der Waals surface area contributed by atoms with Gasteiger partial charge in [0, 0.05) is 11.9 Å². The molecule has 0 fully saturated rings. The number of sulfone groups is 1. The number of esters is 1. The van der Waals surface area contributed by atoms with Gasteiger partial charge >= 0.3 is 12.0 Å². The van der Waals surface area contributed by atoms with Gasteiger partial charge < -0.3 is 10.1 Å². The van der Waals surface area contributed by atoms with Crippen LogP contribution in [0.2, 0.25) is 0 Å². The Kier molecular flexibility index (Phi) is 6.30. The zero-order valence-electron chi connectivity index (χ0n) is 14.6. The highest BCUT2D eigenvalue weighted by Gasteiger charge is 2.24. The first-order valence-electron chi connectivity index (χ1n) is 7.85. The van der Waals surface area contributed by atoms with Crippen LogP contribution in [0.25, 0.3) is 0 Å². The lowest BCUT2D eigenvalue weighted by Gasteiger charge is -2.14. The van der Waals surface area contributed by atoms with E-state index in [1.807, 2.05) is 5.32 Å². The van der Waals surface area contributed by atoms with E-state index in [9.17, 15) is 22.8 Å².